The van der Waals surface area contributed by atoms with Gasteiger partial charge in [0.25, 0.3) is 11.5 Å². The van der Waals surface area contributed by atoms with Crippen LogP contribution in [0.5, 0.6) is 0 Å². The first kappa shape index (κ1) is 23.1. The first-order valence-corrected chi connectivity index (χ1v) is 11.3. The van der Waals surface area contributed by atoms with Gasteiger partial charge >= 0.3 is 0 Å². The van der Waals surface area contributed by atoms with Gasteiger partial charge in [0.2, 0.25) is 0 Å². The van der Waals surface area contributed by atoms with Crippen molar-refractivity contribution in [3.63, 3.8) is 0 Å². The molecule has 0 spiro atoms. The second kappa shape index (κ2) is 9.73. The van der Waals surface area contributed by atoms with Crippen LogP contribution in [0.4, 0.5) is 5.69 Å². The number of hydrogen-bond donors (Lipinski definition) is 3. The minimum absolute atomic E-state index is 0.146. The molecular weight excluding hydrogens is 390 g/mol. The molecule has 0 unspecified atom stereocenters. The molecule has 2 aromatic heterocycles. The van der Waals surface area contributed by atoms with E-state index in [0.717, 1.165) is 41.9 Å². The summed E-state index contributed by atoms with van der Waals surface area (Å²) >= 11 is 0. The van der Waals surface area contributed by atoms with Crippen molar-refractivity contribution in [1.82, 2.24) is 20.2 Å². The number of anilines is 1. The molecule has 2 heterocycles. The van der Waals surface area contributed by atoms with Gasteiger partial charge in [-0.2, -0.15) is 0 Å². The van der Waals surface area contributed by atoms with Crippen molar-refractivity contribution in [3.8, 4) is 0 Å². The van der Waals surface area contributed by atoms with Gasteiger partial charge in [0, 0.05) is 48.2 Å². The van der Waals surface area contributed by atoms with Crippen molar-refractivity contribution in [2.75, 3.05) is 25.5 Å². The number of rotatable bonds is 7. The van der Waals surface area contributed by atoms with Gasteiger partial charge in [0.15, 0.2) is 0 Å². The Labute approximate surface area is 185 Å². The lowest BCUT2D eigenvalue weighted by molar-refractivity contribution is 0.0945. The smallest absolute Gasteiger partial charge is 0.268 e. The summed E-state index contributed by atoms with van der Waals surface area (Å²) in [7, 11) is 4.32. The normalized spacial score (nSPS) is 18.9. The molecule has 170 valence electrons. The Bertz CT molecular complexity index is 967. The van der Waals surface area contributed by atoms with Crippen LogP contribution in [0.1, 0.15) is 65.5 Å². The second-order valence-electron chi connectivity index (χ2n) is 9.01. The summed E-state index contributed by atoms with van der Waals surface area (Å²) < 4.78 is 0. The lowest BCUT2D eigenvalue weighted by Gasteiger charge is -2.39. The fraction of sp³-hybridized carbons (Fsp3) is 0.583. The SMILES string of the molecule is CCN(c1c[nH]c(C(=O)NCc2c(C)cc(C)[nH]c2=O)c1C)C1CCC(N(C)C)CC1. The first-order chi connectivity index (χ1) is 14.7. The number of aromatic nitrogens is 2. The van der Waals surface area contributed by atoms with E-state index in [2.05, 4.69) is 46.1 Å². The molecule has 1 aliphatic carbocycles. The van der Waals surface area contributed by atoms with Gasteiger partial charge in [-0.1, -0.05) is 0 Å². The van der Waals surface area contributed by atoms with Crippen molar-refractivity contribution in [2.24, 2.45) is 0 Å². The number of carbonyl (C=O) groups excluding carboxylic acids is 1. The molecule has 0 aliphatic heterocycles. The highest BCUT2D eigenvalue weighted by atomic mass is 16.2. The van der Waals surface area contributed by atoms with Crippen LogP contribution in [-0.2, 0) is 6.54 Å². The molecule has 0 atom stereocenters. The Kier molecular flexibility index (Phi) is 7.26. The van der Waals surface area contributed by atoms with Gasteiger partial charge in [-0.25, -0.2) is 0 Å². The number of aromatic amines is 2. The zero-order chi connectivity index (χ0) is 22.7. The third kappa shape index (κ3) is 5.03. The van der Waals surface area contributed by atoms with E-state index < -0.39 is 0 Å². The number of nitrogens with zero attached hydrogens (tertiary/aromatic N) is 2. The van der Waals surface area contributed by atoms with Gasteiger partial charge in [0.05, 0.1) is 5.69 Å². The number of H-pyrrole nitrogens is 2. The maximum absolute atomic E-state index is 12.9. The molecule has 0 bridgehead atoms. The van der Waals surface area contributed by atoms with E-state index in [1.54, 1.807) is 0 Å². The van der Waals surface area contributed by atoms with Crippen LogP contribution in [0.2, 0.25) is 0 Å². The Morgan fingerprint density at radius 1 is 1.13 bits per heavy atom. The van der Waals surface area contributed by atoms with E-state index >= 15 is 0 Å². The average molecular weight is 428 g/mol. The van der Waals surface area contributed by atoms with E-state index in [1.807, 2.05) is 33.0 Å². The molecule has 3 rings (SSSR count). The van der Waals surface area contributed by atoms with Gasteiger partial charge in [0.1, 0.15) is 5.69 Å². The molecule has 31 heavy (non-hydrogen) atoms. The summed E-state index contributed by atoms with van der Waals surface area (Å²) in [5.41, 5.74) is 4.78. The standard InChI is InChI=1S/C24H37N5O2/c1-7-29(19-10-8-18(9-11-19)28(5)6)21-14-25-22(17(21)4)24(31)26-13-20-15(2)12-16(3)27-23(20)30/h12,14,18-19,25H,7-11,13H2,1-6H3,(H,26,31)(H,27,30). The van der Waals surface area contributed by atoms with Crippen LogP contribution in [0.3, 0.4) is 0 Å². The third-order valence-electron chi connectivity index (χ3n) is 6.75. The fourth-order valence-electron chi connectivity index (χ4n) is 4.89. The van der Waals surface area contributed by atoms with E-state index in [-0.39, 0.29) is 18.0 Å². The molecular formula is C24H37N5O2. The van der Waals surface area contributed by atoms with Crippen LogP contribution in [0, 0.1) is 20.8 Å². The third-order valence-corrected chi connectivity index (χ3v) is 6.75. The minimum Gasteiger partial charge on any atom is -0.367 e. The molecule has 0 radical (unpaired) electrons. The van der Waals surface area contributed by atoms with Crippen molar-refractivity contribution in [1.29, 1.82) is 0 Å². The zero-order valence-electron chi connectivity index (χ0n) is 19.8. The molecule has 7 nitrogen and oxygen atoms in total. The highest BCUT2D eigenvalue weighted by Gasteiger charge is 2.28. The molecule has 0 saturated heterocycles. The van der Waals surface area contributed by atoms with E-state index in [9.17, 15) is 9.59 Å². The van der Waals surface area contributed by atoms with Crippen molar-refractivity contribution < 1.29 is 4.79 Å². The molecule has 3 N–H and O–H groups in total. The Hall–Kier alpha value is -2.54. The monoisotopic (exact) mass is 427 g/mol. The lowest BCUT2D eigenvalue weighted by atomic mass is 9.89. The van der Waals surface area contributed by atoms with Crippen LogP contribution >= 0.6 is 0 Å². The number of hydrogen-bond acceptors (Lipinski definition) is 4. The van der Waals surface area contributed by atoms with Gasteiger partial charge in [-0.3, -0.25) is 9.59 Å². The second-order valence-corrected chi connectivity index (χ2v) is 9.01. The summed E-state index contributed by atoms with van der Waals surface area (Å²) in [5, 5.41) is 2.91. The van der Waals surface area contributed by atoms with E-state index in [4.69, 9.17) is 0 Å². The van der Waals surface area contributed by atoms with Crippen LogP contribution in [0.15, 0.2) is 17.1 Å². The van der Waals surface area contributed by atoms with Crippen molar-refractivity contribution >= 4 is 11.6 Å². The number of carbonyl (C=O) groups is 1. The summed E-state index contributed by atoms with van der Waals surface area (Å²) in [4.78, 5) is 35.8. The van der Waals surface area contributed by atoms with Gasteiger partial charge in [-0.05, 0) is 79.1 Å². The van der Waals surface area contributed by atoms with Crippen molar-refractivity contribution in [2.45, 2.75) is 72.0 Å². The predicted molar refractivity (Wildman–Crippen MR) is 126 cm³/mol. The molecule has 1 fully saturated rings. The van der Waals surface area contributed by atoms with Gasteiger partial charge in [-0.15, -0.1) is 0 Å². The Morgan fingerprint density at radius 3 is 2.35 bits per heavy atom. The number of amides is 1. The summed E-state index contributed by atoms with van der Waals surface area (Å²) in [6, 6.07) is 3.09. The Balaban J connectivity index is 1.70. The lowest BCUT2D eigenvalue weighted by Crippen LogP contribution is -2.42. The molecule has 1 amide bonds. The molecule has 7 heteroatoms. The van der Waals surface area contributed by atoms with Gasteiger partial charge < -0.3 is 25.1 Å². The first-order valence-electron chi connectivity index (χ1n) is 11.3. The maximum Gasteiger partial charge on any atom is 0.268 e. The average Bonchev–Trinajstić information content (AvgIpc) is 3.09. The van der Waals surface area contributed by atoms with Crippen LogP contribution in [0.25, 0.3) is 0 Å². The highest BCUT2D eigenvalue weighted by molar-refractivity contribution is 5.95. The number of nitrogens with one attached hydrogen (secondary N) is 3. The quantitative estimate of drug-likeness (QED) is 0.633. The van der Waals surface area contributed by atoms with E-state index in [0.29, 0.717) is 23.3 Å². The van der Waals surface area contributed by atoms with E-state index in [1.165, 1.54) is 12.8 Å². The van der Waals surface area contributed by atoms with Crippen LogP contribution < -0.4 is 15.8 Å². The summed E-state index contributed by atoms with van der Waals surface area (Å²) in [5.74, 6) is -0.185. The molecule has 0 aromatic carbocycles. The topological polar surface area (TPSA) is 84.2 Å². The predicted octanol–water partition coefficient (Wildman–Crippen LogP) is 3.26. The van der Waals surface area contributed by atoms with Crippen LogP contribution in [-0.4, -0.2) is 53.5 Å². The fourth-order valence-corrected chi connectivity index (χ4v) is 4.89. The highest BCUT2D eigenvalue weighted by Crippen LogP contribution is 2.31. The largest absolute Gasteiger partial charge is 0.367 e. The zero-order valence-corrected chi connectivity index (χ0v) is 19.8. The Morgan fingerprint density at radius 2 is 1.77 bits per heavy atom. The number of pyridine rings is 1. The number of aryl methyl sites for hydroxylation is 2. The van der Waals surface area contributed by atoms with Crippen molar-refractivity contribution in [3.05, 3.63) is 50.7 Å². The molecule has 2 aromatic rings. The molecule has 1 saturated carbocycles. The maximum atomic E-state index is 12.9. The summed E-state index contributed by atoms with van der Waals surface area (Å²) in [6.45, 7) is 9.05. The summed E-state index contributed by atoms with van der Waals surface area (Å²) in [6.07, 6.45) is 6.69. The minimum atomic E-state index is -0.185. The molecule has 1 aliphatic rings.